The summed E-state index contributed by atoms with van der Waals surface area (Å²) in [7, 11) is -5.93. The number of anilines is 1. The van der Waals surface area contributed by atoms with Crippen molar-refractivity contribution in [3.63, 3.8) is 0 Å². The number of fused-ring (bicyclic) bond motifs is 3. The largest absolute Gasteiger partial charge is 0.492 e. The monoisotopic (exact) mass is 797 g/mol. The van der Waals surface area contributed by atoms with E-state index in [1.54, 1.807) is 17.0 Å². The maximum absolute atomic E-state index is 14.0. The first-order chi connectivity index (χ1) is 27.1. The molecule has 6 rings (SSSR count). The second-order valence-corrected chi connectivity index (χ2v) is 21.1. The van der Waals surface area contributed by atoms with Gasteiger partial charge in [-0.15, -0.1) is 0 Å². The lowest BCUT2D eigenvalue weighted by atomic mass is 9.96. The summed E-state index contributed by atoms with van der Waals surface area (Å²) in [6, 6.07) is 33.5. The molecule has 2 N–H and O–H groups in total. The van der Waals surface area contributed by atoms with Crippen LogP contribution in [0.3, 0.4) is 0 Å². The van der Waals surface area contributed by atoms with Gasteiger partial charge >= 0.3 is 6.09 Å². The summed E-state index contributed by atoms with van der Waals surface area (Å²) in [6.07, 6.45) is 4.60. The first-order valence-electron chi connectivity index (χ1n) is 19.8. The molecule has 1 atom stereocenters. The lowest BCUT2D eigenvalue weighted by Crippen LogP contribution is -2.43. The third kappa shape index (κ3) is 10.7. The molecule has 0 aliphatic heterocycles. The Morgan fingerprint density at radius 1 is 0.839 bits per heavy atom. The van der Waals surface area contributed by atoms with Crippen molar-refractivity contribution in [3.8, 4) is 11.5 Å². The number of sulfonamides is 1. The van der Waals surface area contributed by atoms with Gasteiger partial charge in [0.1, 0.15) is 31.3 Å². The predicted molar refractivity (Wildman–Crippen MR) is 225 cm³/mol. The molecule has 0 unspecified atom stereocenters. The number of ether oxygens (including phenoxy) is 3. The van der Waals surface area contributed by atoms with Crippen molar-refractivity contribution in [2.24, 2.45) is 0 Å². The summed E-state index contributed by atoms with van der Waals surface area (Å²) in [6.45, 7) is 7.47. The molecule has 0 saturated carbocycles. The number of benzene rings is 4. The fourth-order valence-corrected chi connectivity index (χ4v) is 10.8. The van der Waals surface area contributed by atoms with Crippen LogP contribution in [-0.4, -0.2) is 58.7 Å². The number of aryl methyl sites for hydroxylation is 2. The molecule has 4 aromatic carbocycles. The highest BCUT2D eigenvalue weighted by Gasteiger charge is 2.35. The van der Waals surface area contributed by atoms with E-state index in [9.17, 15) is 13.2 Å². The third-order valence-electron chi connectivity index (χ3n) is 10.8. The Labute approximate surface area is 332 Å². The minimum absolute atomic E-state index is 0.115. The molecule has 1 amide bonds. The standard InChI is InChI=1S/C44H55N3O7SSi/c1-5-56(6-2,7-3)54-43(35-22-25-42(41(28-35)46-55(4,49)50)52-31-33-16-10-8-11-17-33)30-47(44(48)53-32-34-18-12-9-13-19-34)26-27-51-36-23-24-38-37-20-14-15-21-39(37)45-40(38)29-36/h8-13,16-19,22-25,28-29,43,45-46H,5-7,14-15,20-21,26-27,30-32H2,1-4H3/t43-/m0/s1. The predicted octanol–water partition coefficient (Wildman–Crippen LogP) is 9.78. The minimum Gasteiger partial charge on any atom is -0.492 e. The van der Waals surface area contributed by atoms with Crippen LogP contribution in [-0.2, 0) is 45.2 Å². The van der Waals surface area contributed by atoms with Crippen molar-refractivity contribution in [1.82, 2.24) is 9.88 Å². The van der Waals surface area contributed by atoms with Gasteiger partial charge in [0.05, 0.1) is 31.1 Å². The molecule has 1 aliphatic rings. The highest BCUT2D eigenvalue weighted by Crippen LogP contribution is 2.36. The Morgan fingerprint density at radius 3 is 2.20 bits per heavy atom. The van der Waals surface area contributed by atoms with Gasteiger partial charge < -0.3 is 28.5 Å². The third-order valence-corrected chi connectivity index (χ3v) is 16.0. The number of nitrogens with one attached hydrogen (secondary N) is 2. The van der Waals surface area contributed by atoms with E-state index in [0.717, 1.165) is 65.2 Å². The SMILES string of the molecule is CC[Si](CC)(CC)O[C@@H](CN(CCOc1ccc2c3c([nH]c2c1)CCCC3)C(=O)OCc1ccccc1)c1ccc(OCc2ccccc2)c(NS(C)(=O)=O)c1. The molecule has 0 fully saturated rings. The zero-order chi connectivity index (χ0) is 39.5. The average Bonchev–Trinajstić information content (AvgIpc) is 3.58. The molecular formula is C44H55N3O7SSi. The maximum atomic E-state index is 14.0. The summed E-state index contributed by atoms with van der Waals surface area (Å²) < 4.78 is 53.4. The van der Waals surface area contributed by atoms with E-state index < -0.39 is 30.5 Å². The van der Waals surface area contributed by atoms with Crippen LogP contribution in [0.5, 0.6) is 11.5 Å². The molecule has 1 aromatic heterocycles. The topological polar surface area (TPSA) is 119 Å². The van der Waals surface area contributed by atoms with Gasteiger partial charge in [-0.3, -0.25) is 4.72 Å². The van der Waals surface area contributed by atoms with Crippen LogP contribution in [0, 0.1) is 0 Å². The van der Waals surface area contributed by atoms with Gasteiger partial charge in [-0.25, -0.2) is 13.2 Å². The summed E-state index contributed by atoms with van der Waals surface area (Å²) in [5.41, 5.74) is 6.64. The number of aromatic amines is 1. The molecule has 298 valence electrons. The Hall–Kier alpha value is -4.78. The number of nitrogens with zero attached hydrogens (tertiary/aromatic N) is 1. The number of amides is 1. The Kier molecular flexibility index (Phi) is 13.8. The van der Waals surface area contributed by atoms with Crippen LogP contribution < -0.4 is 14.2 Å². The maximum Gasteiger partial charge on any atom is 0.410 e. The van der Waals surface area contributed by atoms with Gasteiger partial charge in [0.25, 0.3) is 0 Å². The molecule has 1 heterocycles. The number of H-pyrrole nitrogens is 1. The lowest BCUT2D eigenvalue weighted by molar-refractivity contribution is 0.0665. The zero-order valence-corrected chi connectivity index (χ0v) is 34.8. The first-order valence-corrected chi connectivity index (χ1v) is 24.2. The van der Waals surface area contributed by atoms with E-state index in [1.165, 1.54) is 29.5 Å². The lowest BCUT2D eigenvalue weighted by Gasteiger charge is -2.36. The van der Waals surface area contributed by atoms with Crippen LogP contribution in [0.15, 0.2) is 97.1 Å². The number of hydrogen-bond acceptors (Lipinski definition) is 7. The van der Waals surface area contributed by atoms with E-state index in [-0.39, 0.29) is 32.9 Å². The Balaban J connectivity index is 1.28. The average molecular weight is 798 g/mol. The van der Waals surface area contributed by atoms with Crippen LogP contribution in [0.1, 0.15) is 67.7 Å². The van der Waals surface area contributed by atoms with Crippen molar-refractivity contribution in [2.45, 2.75) is 83.9 Å². The van der Waals surface area contributed by atoms with E-state index in [0.29, 0.717) is 11.4 Å². The van der Waals surface area contributed by atoms with Crippen LogP contribution in [0.4, 0.5) is 10.5 Å². The van der Waals surface area contributed by atoms with Crippen molar-refractivity contribution in [1.29, 1.82) is 0 Å². The number of carbonyl (C=O) groups excluding carboxylic acids is 1. The fraction of sp³-hybridized carbons (Fsp3) is 0.386. The number of carbonyl (C=O) groups is 1. The van der Waals surface area contributed by atoms with E-state index >= 15 is 0 Å². The number of hydrogen-bond donors (Lipinski definition) is 2. The summed E-state index contributed by atoms with van der Waals surface area (Å²) in [5.74, 6) is 1.11. The van der Waals surface area contributed by atoms with E-state index in [2.05, 4.69) is 36.5 Å². The molecule has 0 bridgehead atoms. The molecule has 0 spiro atoms. The molecule has 56 heavy (non-hydrogen) atoms. The fourth-order valence-electron chi connectivity index (χ4n) is 7.43. The molecule has 5 aromatic rings. The second-order valence-electron chi connectivity index (χ2n) is 14.6. The van der Waals surface area contributed by atoms with Gasteiger partial charge in [0.15, 0.2) is 8.32 Å². The van der Waals surface area contributed by atoms with Gasteiger partial charge in [0.2, 0.25) is 10.0 Å². The number of rotatable bonds is 19. The quantitative estimate of drug-likeness (QED) is 0.0799. The van der Waals surface area contributed by atoms with Gasteiger partial charge in [0, 0.05) is 22.7 Å². The van der Waals surface area contributed by atoms with Gasteiger partial charge in [-0.05, 0) is 90.3 Å². The van der Waals surface area contributed by atoms with Crippen molar-refractivity contribution < 1.29 is 31.8 Å². The van der Waals surface area contributed by atoms with Crippen LogP contribution in [0.25, 0.3) is 10.9 Å². The van der Waals surface area contributed by atoms with Gasteiger partial charge in [-0.1, -0.05) is 87.5 Å². The van der Waals surface area contributed by atoms with Crippen molar-refractivity contribution >= 4 is 41.0 Å². The summed E-state index contributed by atoms with van der Waals surface area (Å²) in [5, 5.41) is 1.25. The highest BCUT2D eigenvalue weighted by atomic mass is 32.2. The van der Waals surface area contributed by atoms with Crippen molar-refractivity contribution in [2.75, 3.05) is 30.7 Å². The normalized spacial score (nSPS) is 13.5. The first kappa shape index (κ1) is 40.9. The minimum atomic E-state index is -3.66. The van der Waals surface area contributed by atoms with Gasteiger partial charge in [-0.2, -0.15) is 0 Å². The second kappa shape index (κ2) is 18.9. The van der Waals surface area contributed by atoms with E-state index in [4.69, 9.17) is 18.6 Å². The van der Waals surface area contributed by atoms with E-state index in [1.807, 2.05) is 78.9 Å². The Morgan fingerprint density at radius 2 is 1.52 bits per heavy atom. The Bertz CT molecular complexity index is 2150. The molecule has 1 aliphatic carbocycles. The summed E-state index contributed by atoms with van der Waals surface area (Å²) in [4.78, 5) is 19.2. The molecule has 0 radical (unpaired) electrons. The molecule has 0 saturated heterocycles. The highest BCUT2D eigenvalue weighted by molar-refractivity contribution is 7.92. The van der Waals surface area contributed by atoms with Crippen molar-refractivity contribution in [3.05, 3.63) is 125 Å². The van der Waals surface area contributed by atoms with Crippen LogP contribution in [0.2, 0.25) is 18.1 Å². The molecule has 12 heteroatoms. The molecule has 10 nitrogen and oxygen atoms in total. The van der Waals surface area contributed by atoms with Crippen LogP contribution >= 0.6 is 0 Å². The summed E-state index contributed by atoms with van der Waals surface area (Å²) >= 11 is 0. The number of aromatic nitrogens is 1. The zero-order valence-electron chi connectivity index (χ0n) is 33.0. The smallest absolute Gasteiger partial charge is 0.410 e. The molecular weight excluding hydrogens is 743 g/mol.